The summed E-state index contributed by atoms with van der Waals surface area (Å²) in [6.45, 7) is -1.39. The van der Waals surface area contributed by atoms with E-state index in [-0.39, 0.29) is 30.1 Å². The minimum absolute atomic E-state index is 0. The van der Waals surface area contributed by atoms with Gasteiger partial charge in [0.25, 0.3) is 5.91 Å². The molecule has 2 aromatic carbocycles. The van der Waals surface area contributed by atoms with Crippen molar-refractivity contribution >= 4 is 29.7 Å². The highest BCUT2D eigenvalue weighted by Gasteiger charge is 2.42. The smallest absolute Gasteiger partial charge is 0.387 e. The molecule has 1 aliphatic heterocycles. The van der Waals surface area contributed by atoms with Gasteiger partial charge in [-0.05, 0) is 61.1 Å². The van der Waals surface area contributed by atoms with Crippen LogP contribution in [0.2, 0.25) is 0 Å². The molecule has 1 amide bonds. The maximum absolute atomic E-state index is 13.1. The number of carbonyl (C=O) groups excluding carboxylic acids is 1. The average Bonchev–Trinajstić information content (AvgIpc) is 3.25. The summed E-state index contributed by atoms with van der Waals surface area (Å²) in [4.78, 5) is 15.0. The first-order chi connectivity index (χ1) is 13.5. The van der Waals surface area contributed by atoms with E-state index >= 15 is 0 Å². The van der Waals surface area contributed by atoms with Crippen molar-refractivity contribution in [2.24, 2.45) is 17.6 Å². The second-order valence-electron chi connectivity index (χ2n) is 7.45. The fourth-order valence-electron chi connectivity index (χ4n) is 4.30. The summed E-state index contributed by atoms with van der Waals surface area (Å²) < 4.78 is 28.9. The number of alkyl halides is 2. The molecule has 2 aliphatic rings. The Morgan fingerprint density at radius 3 is 2.52 bits per heavy atom. The molecule has 29 heavy (non-hydrogen) atoms. The second-order valence-corrected chi connectivity index (χ2v) is 7.45. The first kappa shape index (κ1) is 21.3. The number of nitrogens with one attached hydrogen (secondary N) is 1. The van der Waals surface area contributed by atoms with Crippen LogP contribution in [0, 0.1) is 11.8 Å². The van der Waals surface area contributed by atoms with Gasteiger partial charge >= 0.3 is 6.61 Å². The monoisotopic (exact) mass is 423 g/mol. The predicted octanol–water partition coefficient (Wildman–Crippen LogP) is 4.26. The zero-order chi connectivity index (χ0) is 19.7. The van der Waals surface area contributed by atoms with E-state index in [1.54, 1.807) is 18.2 Å². The van der Waals surface area contributed by atoms with Gasteiger partial charge in [-0.2, -0.15) is 8.78 Å². The van der Waals surface area contributed by atoms with Crippen LogP contribution in [-0.4, -0.2) is 36.5 Å². The number of nitrogens with zero attached hydrogens (tertiary/aromatic N) is 1. The van der Waals surface area contributed by atoms with Gasteiger partial charge in [-0.25, -0.2) is 0 Å². The lowest BCUT2D eigenvalue weighted by Crippen LogP contribution is -2.33. The van der Waals surface area contributed by atoms with Crippen molar-refractivity contribution in [3.05, 3.63) is 54.1 Å². The van der Waals surface area contributed by atoms with Gasteiger partial charge in [0, 0.05) is 24.8 Å². The number of ether oxygens (including phenoxy) is 1. The Morgan fingerprint density at radius 2 is 1.83 bits per heavy atom. The lowest BCUT2D eigenvalue weighted by Gasteiger charge is -2.21. The molecule has 2 aromatic rings. The van der Waals surface area contributed by atoms with E-state index in [0.29, 0.717) is 35.3 Å². The molecule has 156 valence electrons. The van der Waals surface area contributed by atoms with E-state index in [1.807, 2.05) is 23.1 Å². The zero-order valence-corrected chi connectivity index (χ0v) is 16.6. The van der Waals surface area contributed by atoms with Crippen molar-refractivity contribution in [3.63, 3.8) is 0 Å². The highest BCUT2D eigenvalue weighted by Crippen LogP contribution is 2.38. The van der Waals surface area contributed by atoms with E-state index in [1.165, 1.54) is 12.1 Å². The molecule has 4 rings (SSSR count). The lowest BCUT2D eigenvalue weighted by atomic mass is 9.98. The molecule has 1 aliphatic carbocycles. The minimum atomic E-state index is -2.86. The molecule has 3 unspecified atom stereocenters. The Bertz CT molecular complexity index is 850. The van der Waals surface area contributed by atoms with Crippen molar-refractivity contribution in [1.29, 1.82) is 0 Å². The number of halogens is 3. The molecule has 3 N–H and O–H groups in total. The van der Waals surface area contributed by atoms with E-state index in [9.17, 15) is 13.6 Å². The Morgan fingerprint density at radius 1 is 1.10 bits per heavy atom. The largest absolute Gasteiger partial charge is 0.435 e. The number of fused-ring (bicyclic) bond motifs is 1. The number of hydrogen-bond donors (Lipinski definition) is 2. The molecule has 0 radical (unpaired) electrons. The number of amides is 1. The third kappa shape index (κ3) is 4.62. The van der Waals surface area contributed by atoms with Gasteiger partial charge in [0.15, 0.2) is 0 Å². The van der Waals surface area contributed by atoms with Crippen molar-refractivity contribution in [2.45, 2.75) is 25.5 Å². The highest BCUT2D eigenvalue weighted by atomic mass is 35.5. The standard InChI is InChI=1S/C21H23F2N3O2.ClH/c22-21(23)28-15-8-6-14(7-9-15)25-19-4-2-1-3-16(19)20(27)26-11-13-5-10-18(24)17(13)12-26;/h1-4,6-9,13,17-18,21,25H,5,10-12,24H2;1H. The molecule has 0 spiro atoms. The predicted molar refractivity (Wildman–Crippen MR) is 110 cm³/mol. The SMILES string of the molecule is Cl.NC1CCC2CN(C(=O)c3ccccc3Nc3ccc(OC(F)F)cc3)CC12. The van der Waals surface area contributed by atoms with Crippen LogP contribution in [0.1, 0.15) is 23.2 Å². The number of anilines is 2. The Hall–Kier alpha value is -2.38. The molecule has 0 aromatic heterocycles. The third-order valence-electron chi connectivity index (χ3n) is 5.72. The summed E-state index contributed by atoms with van der Waals surface area (Å²) in [7, 11) is 0. The molecule has 8 heteroatoms. The number of carbonyl (C=O) groups is 1. The molecule has 3 atom stereocenters. The molecule has 1 saturated heterocycles. The van der Waals surface area contributed by atoms with Gasteiger partial charge in [-0.15, -0.1) is 12.4 Å². The summed E-state index contributed by atoms with van der Waals surface area (Å²) in [5, 5.41) is 3.20. The van der Waals surface area contributed by atoms with Crippen molar-refractivity contribution < 1.29 is 18.3 Å². The van der Waals surface area contributed by atoms with Crippen LogP contribution in [0.4, 0.5) is 20.2 Å². The van der Waals surface area contributed by atoms with Crippen molar-refractivity contribution in [1.82, 2.24) is 4.90 Å². The van der Waals surface area contributed by atoms with Crippen LogP contribution in [-0.2, 0) is 0 Å². The summed E-state index contributed by atoms with van der Waals surface area (Å²) in [5.74, 6) is 0.972. The van der Waals surface area contributed by atoms with E-state index in [2.05, 4.69) is 10.1 Å². The van der Waals surface area contributed by atoms with Gasteiger partial charge in [0.05, 0.1) is 11.3 Å². The number of likely N-dealkylation sites (tertiary alicyclic amines) is 1. The van der Waals surface area contributed by atoms with Gasteiger partial charge in [-0.1, -0.05) is 12.1 Å². The lowest BCUT2D eigenvalue weighted by molar-refractivity contribution is -0.0498. The van der Waals surface area contributed by atoms with Gasteiger partial charge in [0.1, 0.15) is 5.75 Å². The van der Waals surface area contributed by atoms with Crippen LogP contribution in [0.5, 0.6) is 5.75 Å². The van der Waals surface area contributed by atoms with Crippen molar-refractivity contribution in [3.8, 4) is 5.75 Å². The molecule has 2 fully saturated rings. The summed E-state index contributed by atoms with van der Waals surface area (Å²) in [6.07, 6.45) is 2.13. The average molecular weight is 424 g/mol. The molecule has 0 bridgehead atoms. The first-order valence-electron chi connectivity index (χ1n) is 9.47. The zero-order valence-electron chi connectivity index (χ0n) is 15.8. The second kappa shape index (κ2) is 8.97. The number of rotatable bonds is 5. The van der Waals surface area contributed by atoms with E-state index < -0.39 is 6.61 Å². The molecular weight excluding hydrogens is 400 g/mol. The molecule has 1 saturated carbocycles. The minimum Gasteiger partial charge on any atom is -0.435 e. The Balaban J connectivity index is 0.00000240. The number of nitrogens with two attached hydrogens (primary N) is 1. The summed E-state index contributed by atoms with van der Waals surface area (Å²) >= 11 is 0. The van der Waals surface area contributed by atoms with Gasteiger partial charge in [-0.3, -0.25) is 4.79 Å². The normalized spacial score (nSPS) is 22.9. The van der Waals surface area contributed by atoms with Crippen molar-refractivity contribution in [2.75, 3.05) is 18.4 Å². The fourth-order valence-corrected chi connectivity index (χ4v) is 4.30. The van der Waals surface area contributed by atoms with Crippen LogP contribution < -0.4 is 15.8 Å². The molecular formula is C21H24ClF2N3O2. The topological polar surface area (TPSA) is 67.6 Å². The van der Waals surface area contributed by atoms with Crippen LogP contribution >= 0.6 is 12.4 Å². The quantitative estimate of drug-likeness (QED) is 0.754. The molecule has 1 heterocycles. The highest BCUT2D eigenvalue weighted by molar-refractivity contribution is 6.00. The fraction of sp³-hybridized carbons (Fsp3) is 0.381. The maximum atomic E-state index is 13.1. The number of para-hydroxylation sites is 1. The summed E-state index contributed by atoms with van der Waals surface area (Å²) in [5.41, 5.74) is 8.13. The van der Waals surface area contributed by atoms with Gasteiger partial charge < -0.3 is 20.7 Å². The Kier molecular flexibility index (Phi) is 6.59. The van der Waals surface area contributed by atoms with E-state index in [0.717, 1.165) is 19.4 Å². The van der Waals surface area contributed by atoms with Crippen LogP contribution in [0.25, 0.3) is 0 Å². The van der Waals surface area contributed by atoms with Crippen LogP contribution in [0.15, 0.2) is 48.5 Å². The number of hydrogen-bond acceptors (Lipinski definition) is 4. The Labute approximate surface area is 174 Å². The van der Waals surface area contributed by atoms with Crippen LogP contribution in [0.3, 0.4) is 0 Å². The molecule has 5 nitrogen and oxygen atoms in total. The van der Waals surface area contributed by atoms with Gasteiger partial charge in [0.2, 0.25) is 0 Å². The maximum Gasteiger partial charge on any atom is 0.387 e. The van der Waals surface area contributed by atoms with E-state index in [4.69, 9.17) is 5.73 Å². The summed E-state index contributed by atoms with van der Waals surface area (Å²) in [6, 6.07) is 13.7. The number of benzene rings is 2. The first-order valence-corrected chi connectivity index (χ1v) is 9.47. The third-order valence-corrected chi connectivity index (χ3v) is 5.72.